The number of rotatable bonds is 9. The van der Waals surface area contributed by atoms with Crippen molar-refractivity contribution in [3.05, 3.63) is 99.6 Å². The minimum absolute atomic E-state index is 0.0212. The number of nitrogens with one attached hydrogen (secondary N) is 2. The summed E-state index contributed by atoms with van der Waals surface area (Å²) < 4.78 is 5.33. The van der Waals surface area contributed by atoms with Crippen LogP contribution in [0.15, 0.2) is 72.8 Å². The van der Waals surface area contributed by atoms with E-state index in [1.807, 2.05) is 49.4 Å². The Morgan fingerprint density at radius 1 is 1.00 bits per heavy atom. The molecular weight excluding hydrogens is 422 g/mol. The predicted molar refractivity (Wildman–Crippen MR) is 126 cm³/mol. The van der Waals surface area contributed by atoms with E-state index in [4.69, 9.17) is 4.74 Å². The second-order valence-electron chi connectivity index (χ2n) is 7.41. The topological polar surface area (TPSA) is 111 Å². The molecule has 0 aromatic heterocycles. The number of carbonyl (C=O) groups is 2. The quantitative estimate of drug-likeness (QED) is 0.273. The van der Waals surface area contributed by atoms with Crippen molar-refractivity contribution in [2.24, 2.45) is 0 Å². The molecule has 0 saturated carbocycles. The first-order valence-electron chi connectivity index (χ1n) is 10.5. The molecule has 3 rings (SSSR count). The molecule has 2 N–H and O–H groups in total. The molecule has 0 heterocycles. The van der Waals surface area contributed by atoms with Gasteiger partial charge in [0.25, 0.3) is 11.6 Å². The maximum absolute atomic E-state index is 12.8. The Kier molecular flexibility index (Phi) is 7.75. The van der Waals surface area contributed by atoms with E-state index >= 15 is 0 Å². The Morgan fingerprint density at radius 2 is 1.70 bits per heavy atom. The Labute approximate surface area is 191 Å². The first-order valence-corrected chi connectivity index (χ1v) is 10.5. The van der Waals surface area contributed by atoms with Gasteiger partial charge in [-0.2, -0.15) is 0 Å². The van der Waals surface area contributed by atoms with Gasteiger partial charge in [-0.1, -0.05) is 49.4 Å². The average molecular weight is 447 g/mol. The summed E-state index contributed by atoms with van der Waals surface area (Å²) in [6, 6.07) is 20.8. The van der Waals surface area contributed by atoms with Crippen LogP contribution in [0.5, 0.6) is 0 Å². The third-order valence-electron chi connectivity index (χ3n) is 5.04. The highest BCUT2D eigenvalue weighted by Gasteiger charge is 2.23. The van der Waals surface area contributed by atoms with Crippen LogP contribution in [0.25, 0.3) is 0 Å². The molecule has 8 heteroatoms. The van der Waals surface area contributed by atoms with Crippen molar-refractivity contribution in [2.75, 3.05) is 10.6 Å². The Morgan fingerprint density at radius 3 is 2.33 bits per heavy atom. The van der Waals surface area contributed by atoms with E-state index in [1.165, 1.54) is 19.1 Å². The highest BCUT2D eigenvalue weighted by molar-refractivity contribution is 6.00. The molecule has 3 aromatic carbocycles. The van der Waals surface area contributed by atoms with Crippen LogP contribution in [0.3, 0.4) is 0 Å². The molecule has 0 aliphatic rings. The number of benzene rings is 3. The van der Waals surface area contributed by atoms with Gasteiger partial charge in [-0.3, -0.25) is 14.9 Å². The van der Waals surface area contributed by atoms with Crippen molar-refractivity contribution in [3.8, 4) is 0 Å². The largest absolute Gasteiger partial charge is 0.449 e. The summed E-state index contributed by atoms with van der Waals surface area (Å²) >= 11 is 0. The van der Waals surface area contributed by atoms with Gasteiger partial charge in [0.15, 0.2) is 6.10 Å². The molecular formula is C25H25N3O5. The van der Waals surface area contributed by atoms with E-state index in [2.05, 4.69) is 10.6 Å². The zero-order chi connectivity index (χ0) is 23.8. The molecule has 0 bridgehead atoms. The van der Waals surface area contributed by atoms with Gasteiger partial charge < -0.3 is 15.4 Å². The molecule has 1 amide bonds. The molecule has 0 unspecified atom stereocenters. The fourth-order valence-electron chi connectivity index (χ4n) is 3.11. The summed E-state index contributed by atoms with van der Waals surface area (Å²) in [6.07, 6.45) is -0.226. The van der Waals surface area contributed by atoms with Crippen LogP contribution in [-0.4, -0.2) is 22.9 Å². The van der Waals surface area contributed by atoms with Crippen molar-refractivity contribution in [2.45, 2.75) is 32.9 Å². The lowest BCUT2D eigenvalue weighted by atomic mass is 10.1. The smallest absolute Gasteiger partial charge is 0.341 e. The van der Waals surface area contributed by atoms with Gasteiger partial charge in [0, 0.05) is 30.1 Å². The Balaban J connectivity index is 1.72. The van der Waals surface area contributed by atoms with E-state index in [0.717, 1.165) is 23.6 Å². The standard InChI is InChI=1S/C25H25N3O5/c1-3-18-9-11-20(12-10-18)27-24(29)17(2)33-25(30)22-15-21(28(31)32)13-14-23(22)26-16-19-7-5-4-6-8-19/h4-15,17,26H,3,16H2,1-2H3,(H,27,29)/t17-/m0/s1. The van der Waals surface area contributed by atoms with Crippen molar-refractivity contribution in [3.63, 3.8) is 0 Å². The van der Waals surface area contributed by atoms with Crippen molar-refractivity contribution < 1.29 is 19.2 Å². The van der Waals surface area contributed by atoms with Crippen LogP contribution >= 0.6 is 0 Å². The molecule has 1 atom stereocenters. The lowest BCUT2D eigenvalue weighted by molar-refractivity contribution is -0.384. The fraction of sp³-hybridized carbons (Fsp3) is 0.200. The second-order valence-corrected chi connectivity index (χ2v) is 7.41. The van der Waals surface area contributed by atoms with Gasteiger partial charge >= 0.3 is 5.97 Å². The van der Waals surface area contributed by atoms with Gasteiger partial charge in [-0.05, 0) is 42.7 Å². The fourth-order valence-corrected chi connectivity index (χ4v) is 3.11. The van der Waals surface area contributed by atoms with Gasteiger partial charge in [-0.25, -0.2) is 4.79 Å². The number of aryl methyl sites for hydroxylation is 1. The van der Waals surface area contributed by atoms with Crippen LogP contribution in [0, 0.1) is 10.1 Å². The Bertz CT molecular complexity index is 1130. The molecule has 33 heavy (non-hydrogen) atoms. The first-order chi connectivity index (χ1) is 15.9. The van der Waals surface area contributed by atoms with Crippen LogP contribution in [0.4, 0.5) is 17.1 Å². The van der Waals surface area contributed by atoms with Crippen molar-refractivity contribution in [1.29, 1.82) is 0 Å². The zero-order valence-electron chi connectivity index (χ0n) is 18.4. The predicted octanol–water partition coefficient (Wildman–Crippen LogP) is 4.95. The van der Waals surface area contributed by atoms with Gasteiger partial charge in [-0.15, -0.1) is 0 Å². The molecule has 0 saturated heterocycles. The van der Waals surface area contributed by atoms with Crippen molar-refractivity contribution in [1.82, 2.24) is 0 Å². The molecule has 0 radical (unpaired) electrons. The summed E-state index contributed by atoms with van der Waals surface area (Å²) in [4.78, 5) is 36.0. The number of nitrogens with zero attached hydrogens (tertiary/aromatic N) is 1. The van der Waals surface area contributed by atoms with E-state index in [1.54, 1.807) is 12.1 Å². The monoisotopic (exact) mass is 447 g/mol. The first kappa shape index (κ1) is 23.5. The molecule has 0 aliphatic heterocycles. The summed E-state index contributed by atoms with van der Waals surface area (Å²) in [5.41, 5.74) is 2.79. The third kappa shape index (κ3) is 6.39. The summed E-state index contributed by atoms with van der Waals surface area (Å²) in [6.45, 7) is 3.89. The maximum atomic E-state index is 12.8. The third-order valence-corrected chi connectivity index (χ3v) is 5.04. The number of nitro benzene ring substituents is 1. The molecule has 3 aromatic rings. The van der Waals surface area contributed by atoms with E-state index in [-0.39, 0.29) is 11.3 Å². The van der Waals surface area contributed by atoms with Gasteiger partial charge in [0.2, 0.25) is 0 Å². The zero-order valence-corrected chi connectivity index (χ0v) is 18.4. The lowest BCUT2D eigenvalue weighted by Crippen LogP contribution is -2.30. The number of hydrogen-bond acceptors (Lipinski definition) is 6. The maximum Gasteiger partial charge on any atom is 0.341 e. The average Bonchev–Trinajstić information content (AvgIpc) is 2.83. The van der Waals surface area contributed by atoms with Crippen molar-refractivity contribution >= 4 is 28.9 Å². The van der Waals surface area contributed by atoms with Gasteiger partial charge in [0.05, 0.1) is 10.5 Å². The Hall–Kier alpha value is -4.20. The van der Waals surface area contributed by atoms with Crippen LogP contribution in [-0.2, 0) is 22.5 Å². The number of non-ortho nitro benzene ring substituents is 1. The highest BCUT2D eigenvalue weighted by atomic mass is 16.6. The normalized spacial score (nSPS) is 11.3. The number of esters is 1. The second kappa shape index (κ2) is 10.9. The van der Waals surface area contributed by atoms with Crippen LogP contribution in [0.1, 0.15) is 35.3 Å². The number of carbonyl (C=O) groups excluding carboxylic acids is 2. The summed E-state index contributed by atoms with van der Waals surface area (Å²) in [5.74, 6) is -1.34. The number of amides is 1. The number of hydrogen-bond donors (Lipinski definition) is 2. The molecule has 0 fully saturated rings. The molecule has 8 nitrogen and oxygen atoms in total. The van der Waals surface area contributed by atoms with Gasteiger partial charge in [0.1, 0.15) is 0 Å². The minimum atomic E-state index is -1.11. The van der Waals surface area contributed by atoms with E-state index < -0.39 is 22.9 Å². The number of anilines is 2. The SMILES string of the molecule is CCc1ccc(NC(=O)[C@H](C)OC(=O)c2cc([N+](=O)[O-])ccc2NCc2ccccc2)cc1. The van der Waals surface area contributed by atoms with E-state index in [0.29, 0.717) is 17.9 Å². The number of ether oxygens (including phenoxy) is 1. The minimum Gasteiger partial charge on any atom is -0.449 e. The number of nitro groups is 1. The van der Waals surface area contributed by atoms with Crippen LogP contribution < -0.4 is 10.6 Å². The molecule has 0 spiro atoms. The summed E-state index contributed by atoms with van der Waals surface area (Å²) in [5, 5.41) is 17.0. The lowest BCUT2D eigenvalue weighted by Gasteiger charge is -2.16. The highest BCUT2D eigenvalue weighted by Crippen LogP contribution is 2.24. The molecule has 0 aliphatic carbocycles. The summed E-state index contributed by atoms with van der Waals surface area (Å²) in [7, 11) is 0. The van der Waals surface area contributed by atoms with Crippen LogP contribution in [0.2, 0.25) is 0 Å². The molecule has 170 valence electrons. The van der Waals surface area contributed by atoms with E-state index in [9.17, 15) is 19.7 Å².